The van der Waals surface area contributed by atoms with Gasteiger partial charge < -0.3 is 19.7 Å². The minimum Gasteiger partial charge on any atom is -0.479 e. The number of aliphatic hydroxyl groups is 1. The Balaban J connectivity index is 3.02. The van der Waals surface area contributed by atoms with Crippen molar-refractivity contribution in [1.82, 2.24) is 0 Å². The van der Waals surface area contributed by atoms with E-state index in [4.69, 9.17) is 9.84 Å². The summed E-state index contributed by atoms with van der Waals surface area (Å²) in [5, 5.41) is 18.1. The molecule has 0 heterocycles. The Hall–Kier alpha value is -2.29. The van der Waals surface area contributed by atoms with Gasteiger partial charge in [-0.15, -0.1) is 13.2 Å². The monoisotopic (exact) mass is 336 g/mol. The third-order valence-corrected chi connectivity index (χ3v) is 2.76. The van der Waals surface area contributed by atoms with Gasteiger partial charge in [-0.25, -0.2) is 4.79 Å². The Kier molecular flexibility index (Phi) is 6.38. The van der Waals surface area contributed by atoms with Gasteiger partial charge >= 0.3 is 18.3 Å². The highest BCUT2D eigenvalue weighted by Gasteiger charge is 2.34. The van der Waals surface area contributed by atoms with Gasteiger partial charge in [0, 0.05) is 12.0 Å². The van der Waals surface area contributed by atoms with E-state index >= 15 is 0 Å². The van der Waals surface area contributed by atoms with Crippen LogP contribution in [0.15, 0.2) is 18.2 Å². The minimum atomic E-state index is -5.05. The average Bonchev–Trinajstić information content (AvgIpc) is 2.43. The molecule has 0 aliphatic rings. The van der Waals surface area contributed by atoms with Crippen LogP contribution >= 0.6 is 0 Å². The van der Waals surface area contributed by atoms with Crippen LogP contribution in [0.4, 0.5) is 13.2 Å². The van der Waals surface area contributed by atoms with Crippen molar-refractivity contribution in [2.24, 2.45) is 0 Å². The molecule has 1 atom stereocenters. The Bertz CT molecular complexity index is 570. The molecule has 6 nitrogen and oxygen atoms in total. The van der Waals surface area contributed by atoms with E-state index in [0.29, 0.717) is 5.56 Å². The molecule has 128 valence electrons. The standard InChI is InChI=1S/C14H15F3O6/c1-2-22-11(18)6-4-8-3-5-9(12(19)13(20)21)10(7-8)23-14(15,16)17/h3,5,7,12,19H,2,4,6H2,1H3,(H,20,21). The van der Waals surface area contributed by atoms with Crippen LogP contribution in [0.1, 0.15) is 30.6 Å². The molecule has 0 fully saturated rings. The number of carboxylic acids is 1. The van der Waals surface area contributed by atoms with Crippen molar-refractivity contribution >= 4 is 11.9 Å². The number of hydrogen-bond acceptors (Lipinski definition) is 5. The lowest BCUT2D eigenvalue weighted by Gasteiger charge is -2.16. The number of esters is 1. The van der Waals surface area contributed by atoms with Gasteiger partial charge in [0.05, 0.1) is 6.61 Å². The summed E-state index contributed by atoms with van der Waals surface area (Å²) >= 11 is 0. The number of benzene rings is 1. The number of carbonyl (C=O) groups excluding carboxylic acids is 1. The van der Waals surface area contributed by atoms with E-state index in [9.17, 15) is 27.9 Å². The van der Waals surface area contributed by atoms with Gasteiger partial charge in [0.1, 0.15) is 5.75 Å². The van der Waals surface area contributed by atoms with Crippen LogP contribution in [0.3, 0.4) is 0 Å². The Morgan fingerprint density at radius 3 is 2.48 bits per heavy atom. The minimum absolute atomic E-state index is 0.0554. The molecule has 0 aliphatic heterocycles. The molecule has 0 saturated heterocycles. The number of aliphatic carboxylic acids is 1. The number of halogens is 3. The van der Waals surface area contributed by atoms with E-state index in [1.807, 2.05) is 0 Å². The van der Waals surface area contributed by atoms with Crippen LogP contribution in [0.2, 0.25) is 0 Å². The summed E-state index contributed by atoms with van der Waals surface area (Å²) in [4.78, 5) is 22.0. The van der Waals surface area contributed by atoms with E-state index in [0.717, 1.165) is 12.1 Å². The normalized spacial score (nSPS) is 12.6. The summed E-state index contributed by atoms with van der Waals surface area (Å²) in [6.45, 7) is 1.81. The predicted octanol–water partition coefficient (Wildman–Crippen LogP) is 2.20. The summed E-state index contributed by atoms with van der Waals surface area (Å²) in [7, 11) is 0. The first-order chi connectivity index (χ1) is 10.6. The quantitative estimate of drug-likeness (QED) is 0.742. The molecule has 2 N–H and O–H groups in total. The van der Waals surface area contributed by atoms with E-state index in [1.54, 1.807) is 6.92 Å². The second-order valence-electron chi connectivity index (χ2n) is 4.47. The summed E-state index contributed by atoms with van der Waals surface area (Å²) in [5.41, 5.74) is -0.228. The van der Waals surface area contributed by atoms with E-state index in [-0.39, 0.29) is 19.4 Å². The van der Waals surface area contributed by atoms with Crippen molar-refractivity contribution in [3.63, 3.8) is 0 Å². The first-order valence-corrected chi connectivity index (χ1v) is 6.59. The van der Waals surface area contributed by atoms with Crippen LogP contribution in [0.25, 0.3) is 0 Å². The van der Waals surface area contributed by atoms with Crippen molar-refractivity contribution in [2.45, 2.75) is 32.2 Å². The van der Waals surface area contributed by atoms with Crippen molar-refractivity contribution in [3.8, 4) is 5.75 Å². The highest BCUT2D eigenvalue weighted by atomic mass is 19.4. The maximum atomic E-state index is 12.4. The van der Waals surface area contributed by atoms with Crippen molar-refractivity contribution in [3.05, 3.63) is 29.3 Å². The van der Waals surface area contributed by atoms with Crippen LogP contribution in [-0.2, 0) is 20.7 Å². The fourth-order valence-electron chi connectivity index (χ4n) is 1.79. The van der Waals surface area contributed by atoms with Crippen LogP contribution in [0, 0.1) is 0 Å². The SMILES string of the molecule is CCOC(=O)CCc1ccc(C(O)C(=O)O)c(OC(F)(F)F)c1. The zero-order chi connectivity index (χ0) is 17.6. The van der Waals surface area contributed by atoms with E-state index in [1.165, 1.54) is 6.07 Å². The number of carboxylic acid groups (broad SMARTS) is 1. The average molecular weight is 336 g/mol. The highest BCUT2D eigenvalue weighted by Crippen LogP contribution is 2.32. The Labute approximate surface area is 129 Å². The molecular weight excluding hydrogens is 321 g/mol. The zero-order valence-electron chi connectivity index (χ0n) is 12.1. The summed E-state index contributed by atoms with van der Waals surface area (Å²) in [6.07, 6.45) is -7.19. The summed E-state index contributed by atoms with van der Waals surface area (Å²) in [5.74, 6) is -3.05. The van der Waals surface area contributed by atoms with Crippen LogP contribution in [-0.4, -0.2) is 35.1 Å². The highest BCUT2D eigenvalue weighted by molar-refractivity contribution is 5.75. The Morgan fingerprint density at radius 1 is 1.30 bits per heavy atom. The fourth-order valence-corrected chi connectivity index (χ4v) is 1.79. The van der Waals surface area contributed by atoms with Crippen molar-refractivity contribution in [2.75, 3.05) is 6.61 Å². The fraction of sp³-hybridized carbons (Fsp3) is 0.429. The second kappa shape index (κ2) is 7.82. The lowest BCUT2D eigenvalue weighted by molar-refractivity contribution is -0.275. The number of aliphatic hydroxyl groups excluding tert-OH is 1. The van der Waals surface area contributed by atoms with Gasteiger partial charge in [0.15, 0.2) is 6.10 Å². The maximum Gasteiger partial charge on any atom is 0.573 e. The molecular formula is C14H15F3O6. The van der Waals surface area contributed by atoms with Gasteiger partial charge in [-0.1, -0.05) is 12.1 Å². The number of hydrogen-bond donors (Lipinski definition) is 2. The first kappa shape index (κ1) is 18.8. The molecule has 0 aromatic heterocycles. The molecule has 1 aromatic rings. The van der Waals surface area contributed by atoms with Gasteiger partial charge in [-0.2, -0.15) is 0 Å². The number of rotatable bonds is 7. The van der Waals surface area contributed by atoms with Crippen molar-refractivity contribution in [1.29, 1.82) is 0 Å². The lowest BCUT2D eigenvalue weighted by atomic mass is 10.0. The van der Waals surface area contributed by atoms with Gasteiger partial charge in [-0.05, 0) is 25.0 Å². The molecule has 0 saturated carbocycles. The largest absolute Gasteiger partial charge is 0.573 e. The topological polar surface area (TPSA) is 93.1 Å². The third kappa shape index (κ3) is 6.15. The summed E-state index contributed by atoms with van der Waals surface area (Å²) in [6, 6.07) is 3.26. The second-order valence-corrected chi connectivity index (χ2v) is 4.47. The molecule has 9 heteroatoms. The molecule has 0 amide bonds. The number of alkyl halides is 3. The number of carbonyl (C=O) groups is 2. The van der Waals surface area contributed by atoms with E-state index in [2.05, 4.69) is 4.74 Å². The third-order valence-electron chi connectivity index (χ3n) is 2.76. The molecule has 1 rings (SSSR count). The van der Waals surface area contributed by atoms with Gasteiger partial charge in [0.2, 0.25) is 0 Å². The summed E-state index contributed by atoms with van der Waals surface area (Å²) < 4.78 is 45.7. The number of ether oxygens (including phenoxy) is 2. The predicted molar refractivity (Wildman–Crippen MR) is 70.7 cm³/mol. The molecule has 1 aromatic carbocycles. The molecule has 0 spiro atoms. The van der Waals surface area contributed by atoms with Crippen LogP contribution in [0.5, 0.6) is 5.75 Å². The van der Waals surface area contributed by atoms with Gasteiger partial charge in [-0.3, -0.25) is 4.79 Å². The zero-order valence-corrected chi connectivity index (χ0v) is 12.1. The lowest BCUT2D eigenvalue weighted by Crippen LogP contribution is -2.20. The molecule has 0 bridgehead atoms. The van der Waals surface area contributed by atoms with Gasteiger partial charge in [0.25, 0.3) is 0 Å². The smallest absolute Gasteiger partial charge is 0.479 e. The Morgan fingerprint density at radius 2 is 1.96 bits per heavy atom. The molecule has 0 aliphatic carbocycles. The van der Waals surface area contributed by atoms with Crippen LogP contribution < -0.4 is 4.74 Å². The maximum absolute atomic E-state index is 12.4. The first-order valence-electron chi connectivity index (χ1n) is 6.59. The van der Waals surface area contributed by atoms with E-state index < -0.39 is 35.7 Å². The molecule has 23 heavy (non-hydrogen) atoms. The van der Waals surface area contributed by atoms with Crippen molar-refractivity contribution < 1.29 is 42.4 Å². The molecule has 0 radical (unpaired) electrons. The molecule has 1 unspecified atom stereocenters. The number of aryl methyl sites for hydroxylation is 1.